The van der Waals surface area contributed by atoms with Gasteiger partial charge < -0.3 is 9.73 Å². The molecule has 1 heterocycles. The average molecular weight is 286 g/mol. The molecule has 6 heteroatoms. The van der Waals surface area contributed by atoms with Gasteiger partial charge in [-0.1, -0.05) is 19.8 Å². The molecule has 0 bridgehead atoms. The van der Waals surface area contributed by atoms with Crippen molar-refractivity contribution in [3.05, 3.63) is 17.9 Å². The van der Waals surface area contributed by atoms with Gasteiger partial charge in [0, 0.05) is 6.04 Å². The first-order valence-electron chi connectivity index (χ1n) is 6.80. The maximum Gasteiger partial charge on any atom is 0.274 e. The minimum absolute atomic E-state index is 0.00648. The van der Waals surface area contributed by atoms with Gasteiger partial charge in [0.2, 0.25) is 5.09 Å². The fraction of sp³-hybridized carbons (Fsp3) is 0.692. The summed E-state index contributed by atoms with van der Waals surface area (Å²) in [7, 11) is -1.74. The van der Waals surface area contributed by atoms with Crippen LogP contribution in [-0.4, -0.2) is 21.5 Å². The van der Waals surface area contributed by atoms with E-state index in [2.05, 4.69) is 10.0 Å². The average Bonchev–Trinajstić information content (AvgIpc) is 3.04. The molecular formula is C13H22N2O3S. The van der Waals surface area contributed by atoms with Gasteiger partial charge in [0.1, 0.15) is 5.76 Å². The molecule has 1 aliphatic rings. The summed E-state index contributed by atoms with van der Waals surface area (Å²) >= 11 is 0. The summed E-state index contributed by atoms with van der Waals surface area (Å²) in [6, 6.07) is 3.21. The van der Waals surface area contributed by atoms with Gasteiger partial charge in [-0.25, -0.2) is 13.1 Å². The Hall–Kier alpha value is -0.850. The van der Waals surface area contributed by atoms with Gasteiger partial charge in [-0.15, -0.1) is 0 Å². The highest BCUT2D eigenvalue weighted by molar-refractivity contribution is 7.89. The van der Waals surface area contributed by atoms with Gasteiger partial charge in [-0.2, -0.15) is 0 Å². The predicted octanol–water partition coefficient (Wildman–Crippen LogP) is 1.86. The third-order valence-corrected chi connectivity index (χ3v) is 4.78. The lowest BCUT2D eigenvalue weighted by atomic mass is 10.1. The smallest absolute Gasteiger partial charge is 0.274 e. The molecule has 0 spiro atoms. The van der Waals surface area contributed by atoms with Crippen LogP contribution in [0.25, 0.3) is 0 Å². The van der Waals surface area contributed by atoms with Crippen LogP contribution in [0.5, 0.6) is 0 Å². The summed E-state index contributed by atoms with van der Waals surface area (Å²) < 4.78 is 32.5. The molecule has 0 saturated heterocycles. The van der Waals surface area contributed by atoms with Crippen LogP contribution in [0.3, 0.4) is 0 Å². The Morgan fingerprint density at radius 1 is 1.42 bits per heavy atom. The summed E-state index contributed by atoms with van der Waals surface area (Å²) in [5.74, 6) is 1.32. The highest BCUT2D eigenvalue weighted by Gasteiger charge is 2.28. The van der Waals surface area contributed by atoms with Gasteiger partial charge in [-0.05, 0) is 37.9 Å². The van der Waals surface area contributed by atoms with Gasteiger partial charge >= 0.3 is 0 Å². The van der Waals surface area contributed by atoms with E-state index in [9.17, 15) is 8.42 Å². The molecule has 19 heavy (non-hydrogen) atoms. The van der Waals surface area contributed by atoms with Crippen molar-refractivity contribution in [3.63, 3.8) is 0 Å². The van der Waals surface area contributed by atoms with Crippen molar-refractivity contribution < 1.29 is 12.8 Å². The van der Waals surface area contributed by atoms with Crippen molar-refractivity contribution in [1.29, 1.82) is 0 Å². The quantitative estimate of drug-likeness (QED) is 0.765. The molecule has 5 nitrogen and oxygen atoms in total. The lowest BCUT2D eigenvalue weighted by molar-refractivity contribution is 0.399. The Morgan fingerprint density at radius 3 is 2.74 bits per heavy atom. The Kier molecular flexibility index (Phi) is 4.65. The number of nitrogens with one attached hydrogen (secondary N) is 2. The van der Waals surface area contributed by atoms with Gasteiger partial charge in [0.15, 0.2) is 0 Å². The van der Waals surface area contributed by atoms with E-state index in [1.807, 2.05) is 6.92 Å². The molecule has 0 aliphatic heterocycles. The van der Waals surface area contributed by atoms with Gasteiger partial charge in [0.25, 0.3) is 10.0 Å². The van der Waals surface area contributed by atoms with E-state index in [0.29, 0.717) is 18.2 Å². The van der Waals surface area contributed by atoms with Crippen molar-refractivity contribution >= 4 is 10.0 Å². The van der Waals surface area contributed by atoms with E-state index < -0.39 is 10.0 Å². The lowest BCUT2D eigenvalue weighted by Crippen LogP contribution is -2.34. The summed E-state index contributed by atoms with van der Waals surface area (Å²) in [5, 5.41) is 2.93. The van der Waals surface area contributed by atoms with Crippen LogP contribution in [0.1, 0.15) is 38.4 Å². The van der Waals surface area contributed by atoms with Crippen LogP contribution in [0.4, 0.5) is 0 Å². The largest absolute Gasteiger partial charge is 0.447 e. The number of furan rings is 1. The van der Waals surface area contributed by atoms with E-state index in [0.717, 1.165) is 12.8 Å². The van der Waals surface area contributed by atoms with Crippen molar-refractivity contribution in [2.75, 3.05) is 7.05 Å². The summed E-state index contributed by atoms with van der Waals surface area (Å²) in [5.41, 5.74) is 0. The molecule has 1 fully saturated rings. The van der Waals surface area contributed by atoms with Gasteiger partial charge in [0.05, 0.1) is 6.54 Å². The third kappa shape index (κ3) is 4.06. The normalized spacial score (nSPS) is 17.6. The first-order chi connectivity index (χ1) is 9.05. The minimum atomic E-state index is -3.53. The number of hydrogen-bond donors (Lipinski definition) is 2. The summed E-state index contributed by atoms with van der Waals surface area (Å²) in [6.07, 6.45) is 4.19. The third-order valence-electron chi connectivity index (χ3n) is 3.38. The van der Waals surface area contributed by atoms with E-state index in [-0.39, 0.29) is 11.1 Å². The molecule has 0 amide bonds. The number of rotatable bonds is 8. The zero-order valence-corrected chi connectivity index (χ0v) is 12.3. The second-order valence-corrected chi connectivity index (χ2v) is 6.80. The van der Waals surface area contributed by atoms with Crippen LogP contribution in [-0.2, 0) is 16.6 Å². The number of hydrogen-bond acceptors (Lipinski definition) is 4. The van der Waals surface area contributed by atoms with Crippen LogP contribution < -0.4 is 10.0 Å². The van der Waals surface area contributed by atoms with Gasteiger partial charge in [-0.3, -0.25) is 0 Å². The highest BCUT2D eigenvalue weighted by Crippen LogP contribution is 2.34. The van der Waals surface area contributed by atoms with Crippen LogP contribution >= 0.6 is 0 Å². The van der Waals surface area contributed by atoms with Crippen molar-refractivity contribution in [2.24, 2.45) is 5.92 Å². The Balaban J connectivity index is 2.02. The molecule has 108 valence electrons. The van der Waals surface area contributed by atoms with Crippen LogP contribution in [0, 0.1) is 5.92 Å². The van der Waals surface area contributed by atoms with E-state index in [1.165, 1.54) is 18.9 Å². The van der Waals surface area contributed by atoms with E-state index in [1.54, 1.807) is 13.1 Å². The Bertz CT molecular complexity index is 506. The molecule has 1 aliphatic carbocycles. The zero-order chi connectivity index (χ0) is 13.9. The van der Waals surface area contributed by atoms with Crippen molar-refractivity contribution in [3.8, 4) is 0 Å². The maximum absolute atomic E-state index is 12.2. The fourth-order valence-corrected chi connectivity index (χ4v) is 3.39. The van der Waals surface area contributed by atoms with Crippen LogP contribution in [0.15, 0.2) is 21.6 Å². The Morgan fingerprint density at radius 2 is 2.16 bits per heavy atom. The lowest BCUT2D eigenvalue weighted by Gasteiger charge is -2.15. The monoisotopic (exact) mass is 286 g/mol. The number of sulfonamides is 1. The van der Waals surface area contributed by atoms with Crippen LogP contribution in [0.2, 0.25) is 0 Å². The molecule has 0 radical (unpaired) electrons. The fourth-order valence-electron chi connectivity index (χ4n) is 2.10. The highest BCUT2D eigenvalue weighted by atomic mass is 32.2. The summed E-state index contributed by atoms with van der Waals surface area (Å²) in [6.45, 7) is 2.53. The Labute approximate surface area is 114 Å². The molecule has 2 rings (SSSR count). The van der Waals surface area contributed by atoms with Crippen molar-refractivity contribution in [1.82, 2.24) is 10.0 Å². The molecule has 1 saturated carbocycles. The maximum atomic E-state index is 12.2. The standard InChI is InChI=1S/C13H22N2O3S/c1-3-11(8-10-4-5-10)15-19(16,17)13-7-6-12(18-13)9-14-2/h6-7,10-11,14-15H,3-5,8-9H2,1-2H3. The predicted molar refractivity (Wildman–Crippen MR) is 73.2 cm³/mol. The molecule has 0 aromatic carbocycles. The first-order valence-corrected chi connectivity index (χ1v) is 8.29. The second-order valence-electron chi connectivity index (χ2n) is 5.16. The van der Waals surface area contributed by atoms with E-state index >= 15 is 0 Å². The molecule has 1 atom stereocenters. The SMILES string of the molecule is CCC(CC1CC1)NS(=O)(=O)c1ccc(CNC)o1. The molecular weight excluding hydrogens is 264 g/mol. The topological polar surface area (TPSA) is 71.3 Å². The summed E-state index contributed by atoms with van der Waals surface area (Å²) in [4.78, 5) is 0. The molecule has 1 aromatic rings. The van der Waals surface area contributed by atoms with Crippen molar-refractivity contribution in [2.45, 2.75) is 50.3 Å². The molecule has 1 unspecified atom stereocenters. The first kappa shape index (κ1) is 14.6. The zero-order valence-electron chi connectivity index (χ0n) is 11.5. The minimum Gasteiger partial charge on any atom is -0.447 e. The second kappa shape index (κ2) is 6.07. The van der Waals surface area contributed by atoms with E-state index in [4.69, 9.17) is 4.42 Å². The molecule has 1 aromatic heterocycles. The molecule has 2 N–H and O–H groups in total.